The molecule has 2 rings (SSSR count). The number of aromatic nitrogens is 2. The number of pyridine rings is 1. The number of nitrogens with two attached hydrogens (primary N) is 1. The lowest BCUT2D eigenvalue weighted by Crippen LogP contribution is -2.22. The molecule has 0 aromatic carbocycles. The molecular weight excluding hydrogens is 222 g/mol. The van der Waals surface area contributed by atoms with Gasteiger partial charge < -0.3 is 10.2 Å². The Morgan fingerprint density at radius 1 is 1.44 bits per heavy atom. The Bertz CT molecular complexity index is 416. The minimum absolute atomic E-state index is 0.00102. The maximum atomic E-state index is 5.97. The molecule has 2 unspecified atom stereocenters. The summed E-state index contributed by atoms with van der Waals surface area (Å²) in [5, 5.41) is 0.735. The lowest BCUT2D eigenvalue weighted by Gasteiger charge is -2.18. The Morgan fingerprint density at radius 2 is 2.31 bits per heavy atom. The highest BCUT2D eigenvalue weighted by Gasteiger charge is 2.19. The molecule has 0 saturated carbocycles. The van der Waals surface area contributed by atoms with Crippen LogP contribution in [-0.2, 0) is 0 Å². The van der Waals surface area contributed by atoms with E-state index in [2.05, 4.69) is 9.97 Å². The van der Waals surface area contributed by atoms with Gasteiger partial charge in [-0.3, -0.25) is 4.98 Å². The summed E-state index contributed by atoms with van der Waals surface area (Å²) in [5.41, 5.74) is 7.05. The topological polar surface area (TPSA) is 64.9 Å². The fourth-order valence-corrected chi connectivity index (χ4v) is 2.34. The van der Waals surface area contributed by atoms with Crippen molar-refractivity contribution in [2.24, 2.45) is 5.73 Å². The standard InChI is InChI=1S/C11H13N3OS/c1-8(12)10(9-3-2-4-13-7-9)16-11-14-5-6-15-11/h2-8,10H,12H2,1H3. The van der Waals surface area contributed by atoms with Crippen LogP contribution in [0.5, 0.6) is 0 Å². The molecule has 0 amide bonds. The molecule has 0 fully saturated rings. The molecule has 2 atom stereocenters. The van der Waals surface area contributed by atoms with E-state index in [9.17, 15) is 0 Å². The van der Waals surface area contributed by atoms with E-state index >= 15 is 0 Å². The van der Waals surface area contributed by atoms with Gasteiger partial charge in [-0.2, -0.15) is 0 Å². The number of thioether (sulfide) groups is 1. The van der Waals surface area contributed by atoms with Gasteiger partial charge in [0.1, 0.15) is 6.26 Å². The second kappa shape index (κ2) is 5.14. The van der Waals surface area contributed by atoms with E-state index in [4.69, 9.17) is 10.2 Å². The van der Waals surface area contributed by atoms with Gasteiger partial charge in [-0.25, -0.2) is 4.98 Å². The smallest absolute Gasteiger partial charge is 0.256 e. The van der Waals surface area contributed by atoms with Crippen molar-refractivity contribution in [2.45, 2.75) is 23.4 Å². The zero-order chi connectivity index (χ0) is 11.4. The van der Waals surface area contributed by atoms with Crippen LogP contribution < -0.4 is 5.73 Å². The molecule has 0 aliphatic rings. The zero-order valence-electron chi connectivity index (χ0n) is 8.91. The molecule has 0 spiro atoms. The Balaban J connectivity index is 2.18. The average molecular weight is 235 g/mol. The molecule has 2 aromatic rings. The fourth-order valence-electron chi connectivity index (χ4n) is 1.40. The molecule has 5 heteroatoms. The van der Waals surface area contributed by atoms with Crippen LogP contribution in [0.15, 0.2) is 46.6 Å². The Kier molecular flexibility index (Phi) is 3.58. The van der Waals surface area contributed by atoms with Crippen molar-refractivity contribution in [3.63, 3.8) is 0 Å². The predicted octanol–water partition coefficient (Wildman–Crippen LogP) is 2.25. The van der Waals surface area contributed by atoms with Gasteiger partial charge in [0.05, 0.1) is 11.4 Å². The first kappa shape index (κ1) is 11.2. The summed E-state index contributed by atoms with van der Waals surface area (Å²) in [4.78, 5) is 8.18. The van der Waals surface area contributed by atoms with Gasteiger partial charge in [0.25, 0.3) is 5.22 Å². The van der Waals surface area contributed by atoms with Crippen molar-refractivity contribution in [3.8, 4) is 0 Å². The molecule has 84 valence electrons. The fraction of sp³-hybridized carbons (Fsp3) is 0.273. The second-order valence-electron chi connectivity index (χ2n) is 3.48. The maximum Gasteiger partial charge on any atom is 0.256 e. The van der Waals surface area contributed by atoms with Crippen LogP contribution >= 0.6 is 11.8 Å². The van der Waals surface area contributed by atoms with Crippen LogP contribution in [0.3, 0.4) is 0 Å². The molecule has 0 saturated heterocycles. The largest absolute Gasteiger partial charge is 0.440 e. The third-order valence-electron chi connectivity index (χ3n) is 2.13. The molecule has 16 heavy (non-hydrogen) atoms. The lowest BCUT2D eigenvalue weighted by molar-refractivity contribution is 0.452. The van der Waals surface area contributed by atoms with Crippen molar-refractivity contribution < 1.29 is 4.42 Å². The van der Waals surface area contributed by atoms with Gasteiger partial charge in [-0.1, -0.05) is 17.8 Å². The van der Waals surface area contributed by atoms with Crippen molar-refractivity contribution in [1.29, 1.82) is 0 Å². The first-order valence-corrected chi connectivity index (χ1v) is 5.87. The van der Waals surface area contributed by atoms with E-state index in [0.29, 0.717) is 5.22 Å². The van der Waals surface area contributed by atoms with E-state index in [0.717, 1.165) is 5.56 Å². The van der Waals surface area contributed by atoms with Crippen LogP contribution in [0.2, 0.25) is 0 Å². The van der Waals surface area contributed by atoms with Gasteiger partial charge in [0.15, 0.2) is 0 Å². The minimum Gasteiger partial charge on any atom is -0.440 e. The quantitative estimate of drug-likeness (QED) is 0.823. The van der Waals surface area contributed by atoms with E-state index in [-0.39, 0.29) is 11.3 Å². The number of oxazole rings is 1. The number of hydrogen-bond donors (Lipinski definition) is 1. The van der Waals surface area contributed by atoms with Gasteiger partial charge in [-0.05, 0) is 18.6 Å². The van der Waals surface area contributed by atoms with Gasteiger partial charge >= 0.3 is 0 Å². The third kappa shape index (κ3) is 2.62. The monoisotopic (exact) mass is 235 g/mol. The lowest BCUT2D eigenvalue weighted by atomic mass is 10.1. The molecular formula is C11H13N3OS. The maximum absolute atomic E-state index is 5.97. The molecule has 0 aliphatic heterocycles. The highest BCUT2D eigenvalue weighted by molar-refractivity contribution is 7.99. The molecule has 4 nitrogen and oxygen atoms in total. The Labute approximate surface area is 98.3 Å². The van der Waals surface area contributed by atoms with Crippen molar-refractivity contribution in [3.05, 3.63) is 42.5 Å². The molecule has 2 heterocycles. The van der Waals surface area contributed by atoms with Crippen LogP contribution in [-0.4, -0.2) is 16.0 Å². The van der Waals surface area contributed by atoms with E-state index in [1.807, 2.05) is 25.3 Å². The molecule has 2 aromatic heterocycles. The second-order valence-corrected chi connectivity index (χ2v) is 4.57. The van der Waals surface area contributed by atoms with E-state index < -0.39 is 0 Å². The van der Waals surface area contributed by atoms with Gasteiger partial charge in [-0.15, -0.1) is 0 Å². The minimum atomic E-state index is 0.00102. The number of rotatable bonds is 4. The first-order chi connectivity index (χ1) is 7.77. The SMILES string of the molecule is CC(N)C(Sc1ncco1)c1cccnc1. The molecule has 0 bridgehead atoms. The molecule has 0 aliphatic carbocycles. The number of hydrogen-bond acceptors (Lipinski definition) is 5. The molecule has 2 N–H and O–H groups in total. The van der Waals surface area contributed by atoms with Crippen LogP contribution in [0.25, 0.3) is 0 Å². The summed E-state index contributed by atoms with van der Waals surface area (Å²) in [6, 6.07) is 3.92. The van der Waals surface area contributed by atoms with Crippen molar-refractivity contribution in [2.75, 3.05) is 0 Å². The van der Waals surface area contributed by atoms with Gasteiger partial charge in [0, 0.05) is 18.4 Å². The van der Waals surface area contributed by atoms with E-state index in [1.54, 1.807) is 18.7 Å². The summed E-state index contributed by atoms with van der Waals surface area (Å²) in [6.07, 6.45) is 6.76. The number of nitrogens with zero attached hydrogens (tertiary/aromatic N) is 2. The summed E-state index contributed by atoms with van der Waals surface area (Å²) in [6.45, 7) is 1.97. The normalized spacial score (nSPS) is 14.6. The third-order valence-corrected chi connectivity index (χ3v) is 3.49. The summed E-state index contributed by atoms with van der Waals surface area (Å²) in [5.74, 6) is 0. The Hall–Kier alpha value is -1.33. The van der Waals surface area contributed by atoms with E-state index in [1.165, 1.54) is 11.8 Å². The summed E-state index contributed by atoms with van der Waals surface area (Å²) >= 11 is 1.51. The summed E-state index contributed by atoms with van der Waals surface area (Å²) in [7, 11) is 0. The molecule has 0 radical (unpaired) electrons. The highest BCUT2D eigenvalue weighted by Crippen LogP contribution is 2.35. The zero-order valence-corrected chi connectivity index (χ0v) is 9.72. The average Bonchev–Trinajstić information content (AvgIpc) is 2.79. The van der Waals surface area contributed by atoms with Crippen molar-refractivity contribution in [1.82, 2.24) is 9.97 Å². The van der Waals surface area contributed by atoms with Crippen LogP contribution in [0.4, 0.5) is 0 Å². The summed E-state index contributed by atoms with van der Waals surface area (Å²) < 4.78 is 5.21. The van der Waals surface area contributed by atoms with Gasteiger partial charge in [0.2, 0.25) is 0 Å². The van der Waals surface area contributed by atoms with Crippen molar-refractivity contribution >= 4 is 11.8 Å². The first-order valence-electron chi connectivity index (χ1n) is 4.99. The van der Waals surface area contributed by atoms with Crippen LogP contribution in [0, 0.1) is 0 Å². The predicted molar refractivity (Wildman–Crippen MR) is 63.0 cm³/mol. The highest BCUT2D eigenvalue weighted by atomic mass is 32.2. The van der Waals surface area contributed by atoms with Crippen LogP contribution in [0.1, 0.15) is 17.7 Å². The Morgan fingerprint density at radius 3 is 2.88 bits per heavy atom.